The summed E-state index contributed by atoms with van der Waals surface area (Å²) in [5.41, 5.74) is 5.17. The topological polar surface area (TPSA) is 118 Å². The van der Waals surface area contributed by atoms with Gasteiger partial charge >= 0.3 is 12.1 Å². The molecule has 1 heterocycles. The van der Waals surface area contributed by atoms with E-state index in [-0.39, 0.29) is 18.3 Å². The normalized spacial score (nSPS) is 12.9. The Bertz CT molecular complexity index is 1160. The first-order chi connectivity index (χ1) is 15.9. The molecular formula is C25H23N3O5. The fraction of sp³-hybridized carbons (Fsp3) is 0.200. The maximum atomic E-state index is 12.6. The number of carbonyl (C=O) groups is 3. The molecule has 8 heteroatoms. The zero-order valence-electron chi connectivity index (χ0n) is 17.9. The van der Waals surface area contributed by atoms with Crippen molar-refractivity contribution in [2.75, 3.05) is 11.9 Å². The number of carboxylic acid groups (broad SMARTS) is 1. The van der Waals surface area contributed by atoms with E-state index in [1.54, 1.807) is 12.1 Å². The van der Waals surface area contributed by atoms with Crippen LogP contribution >= 0.6 is 0 Å². The van der Waals surface area contributed by atoms with Gasteiger partial charge in [0.15, 0.2) is 0 Å². The van der Waals surface area contributed by atoms with Crippen molar-refractivity contribution in [3.63, 3.8) is 0 Å². The summed E-state index contributed by atoms with van der Waals surface area (Å²) in [5.74, 6) is -1.80. The standard InChI is InChI=1S/C25H23N3O5/c1-15-10-11-26-22(12-15)28-24(31)21(13-23(29)30)27-25(32)33-14-20-18-8-4-2-6-16(18)17-7-3-5-9-19(17)20/h2-12,20-21H,13-14H2,1H3,(H,27,32)(H,29,30)(H,26,28,31). The third-order valence-corrected chi connectivity index (χ3v) is 5.50. The molecule has 0 saturated heterocycles. The Morgan fingerprint density at radius 3 is 2.27 bits per heavy atom. The fourth-order valence-corrected chi connectivity index (χ4v) is 3.98. The van der Waals surface area contributed by atoms with Gasteiger partial charge in [0.1, 0.15) is 18.5 Å². The first-order valence-corrected chi connectivity index (χ1v) is 10.5. The van der Waals surface area contributed by atoms with Gasteiger partial charge in [0, 0.05) is 12.1 Å². The third kappa shape index (κ3) is 5.01. The van der Waals surface area contributed by atoms with Crippen molar-refractivity contribution in [1.82, 2.24) is 10.3 Å². The minimum absolute atomic E-state index is 0.0563. The highest BCUT2D eigenvalue weighted by atomic mass is 16.5. The molecule has 2 amide bonds. The molecule has 168 valence electrons. The summed E-state index contributed by atoms with van der Waals surface area (Å²) >= 11 is 0. The van der Waals surface area contributed by atoms with E-state index < -0.39 is 30.4 Å². The van der Waals surface area contributed by atoms with Crippen LogP contribution in [0.25, 0.3) is 11.1 Å². The van der Waals surface area contributed by atoms with E-state index in [4.69, 9.17) is 4.74 Å². The Morgan fingerprint density at radius 2 is 1.67 bits per heavy atom. The van der Waals surface area contributed by atoms with Gasteiger partial charge in [-0.3, -0.25) is 9.59 Å². The Balaban J connectivity index is 1.43. The number of aryl methyl sites for hydroxylation is 1. The van der Waals surface area contributed by atoms with E-state index in [0.717, 1.165) is 27.8 Å². The first kappa shape index (κ1) is 22.0. The number of carbonyl (C=O) groups excluding carboxylic acids is 2. The van der Waals surface area contributed by atoms with Gasteiger partial charge in [0.2, 0.25) is 5.91 Å². The number of fused-ring (bicyclic) bond motifs is 3. The molecule has 3 aromatic rings. The molecule has 0 bridgehead atoms. The average molecular weight is 445 g/mol. The summed E-state index contributed by atoms with van der Waals surface area (Å²) in [6.07, 6.45) is 0.0632. The summed E-state index contributed by atoms with van der Waals surface area (Å²) in [6, 6.07) is 17.9. The molecule has 1 aliphatic carbocycles. The quantitative estimate of drug-likeness (QED) is 0.510. The lowest BCUT2D eigenvalue weighted by Gasteiger charge is -2.18. The smallest absolute Gasteiger partial charge is 0.407 e. The second-order valence-electron chi connectivity index (χ2n) is 7.83. The van der Waals surface area contributed by atoms with Crippen LogP contribution in [0.4, 0.5) is 10.6 Å². The fourth-order valence-electron chi connectivity index (χ4n) is 3.98. The van der Waals surface area contributed by atoms with Crippen molar-refractivity contribution in [2.24, 2.45) is 0 Å². The van der Waals surface area contributed by atoms with Crippen molar-refractivity contribution < 1.29 is 24.2 Å². The van der Waals surface area contributed by atoms with Gasteiger partial charge in [-0.15, -0.1) is 0 Å². The van der Waals surface area contributed by atoms with E-state index in [0.29, 0.717) is 0 Å². The Hall–Kier alpha value is -4.20. The Morgan fingerprint density at radius 1 is 1.03 bits per heavy atom. The summed E-state index contributed by atoms with van der Waals surface area (Å²) in [7, 11) is 0. The molecule has 2 aromatic carbocycles. The molecular weight excluding hydrogens is 422 g/mol. The highest BCUT2D eigenvalue weighted by molar-refractivity contribution is 5.98. The van der Waals surface area contributed by atoms with E-state index in [1.165, 1.54) is 6.20 Å². The molecule has 8 nitrogen and oxygen atoms in total. The third-order valence-electron chi connectivity index (χ3n) is 5.50. The summed E-state index contributed by atoms with van der Waals surface area (Å²) < 4.78 is 5.43. The number of alkyl carbamates (subject to hydrolysis) is 1. The van der Waals surface area contributed by atoms with Crippen molar-refractivity contribution in [2.45, 2.75) is 25.3 Å². The van der Waals surface area contributed by atoms with E-state index in [9.17, 15) is 19.5 Å². The SMILES string of the molecule is Cc1ccnc(NC(=O)C(CC(=O)O)NC(=O)OCC2c3ccccc3-c3ccccc32)c1. The maximum Gasteiger partial charge on any atom is 0.407 e. The Kier molecular flexibility index (Phi) is 6.35. The number of anilines is 1. The second-order valence-corrected chi connectivity index (χ2v) is 7.83. The highest BCUT2D eigenvalue weighted by Crippen LogP contribution is 2.44. The summed E-state index contributed by atoms with van der Waals surface area (Å²) in [4.78, 5) is 40.4. The van der Waals surface area contributed by atoms with Gasteiger partial charge in [0.05, 0.1) is 6.42 Å². The van der Waals surface area contributed by atoms with E-state index >= 15 is 0 Å². The molecule has 1 aromatic heterocycles. The number of rotatable bonds is 7. The van der Waals surface area contributed by atoms with Crippen molar-refractivity contribution in [3.8, 4) is 11.1 Å². The molecule has 1 atom stereocenters. The Labute approximate surface area is 190 Å². The van der Waals surface area contributed by atoms with Crippen LogP contribution in [-0.4, -0.2) is 40.7 Å². The minimum Gasteiger partial charge on any atom is -0.481 e. The zero-order valence-corrected chi connectivity index (χ0v) is 17.9. The first-order valence-electron chi connectivity index (χ1n) is 10.5. The van der Waals surface area contributed by atoms with Gasteiger partial charge in [-0.25, -0.2) is 9.78 Å². The number of hydrogen-bond acceptors (Lipinski definition) is 5. The van der Waals surface area contributed by atoms with Crippen LogP contribution in [-0.2, 0) is 14.3 Å². The number of ether oxygens (including phenoxy) is 1. The molecule has 0 fully saturated rings. The van der Waals surface area contributed by atoms with Crippen LogP contribution in [0.5, 0.6) is 0 Å². The number of carboxylic acids is 1. The molecule has 0 saturated carbocycles. The number of amides is 2. The number of hydrogen-bond donors (Lipinski definition) is 3. The van der Waals surface area contributed by atoms with E-state index in [1.807, 2.05) is 55.5 Å². The van der Waals surface area contributed by atoms with Gasteiger partial charge in [-0.05, 0) is 46.9 Å². The monoisotopic (exact) mass is 445 g/mol. The molecule has 1 aliphatic rings. The molecule has 0 aliphatic heterocycles. The number of pyridine rings is 1. The molecule has 3 N–H and O–H groups in total. The summed E-state index contributed by atoms with van der Waals surface area (Å²) in [5, 5.41) is 14.1. The number of nitrogens with zero attached hydrogens (tertiary/aromatic N) is 1. The molecule has 0 radical (unpaired) electrons. The molecule has 1 unspecified atom stereocenters. The van der Waals surface area contributed by atoms with Crippen LogP contribution in [0, 0.1) is 6.92 Å². The molecule has 33 heavy (non-hydrogen) atoms. The number of nitrogens with one attached hydrogen (secondary N) is 2. The van der Waals surface area contributed by atoms with E-state index in [2.05, 4.69) is 15.6 Å². The number of aromatic nitrogens is 1. The summed E-state index contributed by atoms with van der Waals surface area (Å²) in [6.45, 7) is 1.89. The van der Waals surface area contributed by atoms with Crippen molar-refractivity contribution >= 4 is 23.8 Å². The molecule has 0 spiro atoms. The average Bonchev–Trinajstić information content (AvgIpc) is 3.11. The number of aliphatic carboxylic acids is 1. The second kappa shape index (κ2) is 9.52. The minimum atomic E-state index is -1.32. The lowest BCUT2D eigenvalue weighted by atomic mass is 9.98. The van der Waals surface area contributed by atoms with Crippen LogP contribution in [0.2, 0.25) is 0 Å². The van der Waals surface area contributed by atoms with Gasteiger partial charge < -0.3 is 20.5 Å². The molecule has 4 rings (SSSR count). The predicted octanol–water partition coefficient (Wildman–Crippen LogP) is 3.71. The van der Waals surface area contributed by atoms with Crippen LogP contribution in [0.3, 0.4) is 0 Å². The van der Waals surface area contributed by atoms with Crippen molar-refractivity contribution in [1.29, 1.82) is 0 Å². The van der Waals surface area contributed by atoms with Crippen LogP contribution in [0.1, 0.15) is 29.0 Å². The lowest BCUT2D eigenvalue weighted by molar-refractivity contribution is -0.139. The highest BCUT2D eigenvalue weighted by Gasteiger charge is 2.30. The van der Waals surface area contributed by atoms with Crippen LogP contribution < -0.4 is 10.6 Å². The predicted molar refractivity (Wildman–Crippen MR) is 122 cm³/mol. The van der Waals surface area contributed by atoms with Gasteiger partial charge in [-0.2, -0.15) is 0 Å². The van der Waals surface area contributed by atoms with Crippen molar-refractivity contribution in [3.05, 3.63) is 83.6 Å². The van der Waals surface area contributed by atoms with Crippen LogP contribution in [0.15, 0.2) is 66.9 Å². The van der Waals surface area contributed by atoms with Gasteiger partial charge in [-0.1, -0.05) is 48.5 Å². The van der Waals surface area contributed by atoms with Gasteiger partial charge in [0.25, 0.3) is 0 Å². The lowest BCUT2D eigenvalue weighted by Crippen LogP contribution is -2.45. The largest absolute Gasteiger partial charge is 0.481 e. The zero-order chi connectivity index (χ0) is 23.4. The number of benzene rings is 2. The maximum absolute atomic E-state index is 12.6.